The number of likely N-dealkylation sites (tertiary alicyclic amines) is 1. The van der Waals surface area contributed by atoms with Crippen molar-refractivity contribution >= 4 is 0 Å². The van der Waals surface area contributed by atoms with Crippen molar-refractivity contribution in [1.82, 2.24) is 10.2 Å². The molecule has 3 nitrogen and oxygen atoms in total. The highest BCUT2D eigenvalue weighted by molar-refractivity contribution is 5.38. The van der Waals surface area contributed by atoms with Gasteiger partial charge in [0.05, 0.1) is 7.11 Å². The second-order valence-corrected chi connectivity index (χ2v) is 6.12. The van der Waals surface area contributed by atoms with Crippen molar-refractivity contribution in [1.29, 1.82) is 0 Å². The Morgan fingerprint density at radius 1 is 1.30 bits per heavy atom. The zero-order valence-electron chi connectivity index (χ0n) is 12.7. The van der Waals surface area contributed by atoms with Crippen molar-refractivity contribution < 1.29 is 4.74 Å². The van der Waals surface area contributed by atoms with Gasteiger partial charge in [-0.25, -0.2) is 0 Å². The molecule has 0 radical (unpaired) electrons. The van der Waals surface area contributed by atoms with Gasteiger partial charge in [0, 0.05) is 18.6 Å². The Hall–Kier alpha value is -1.06. The lowest BCUT2D eigenvalue weighted by molar-refractivity contribution is 0.163. The number of benzene rings is 1. The lowest BCUT2D eigenvalue weighted by Crippen LogP contribution is -2.45. The van der Waals surface area contributed by atoms with Crippen LogP contribution in [0.5, 0.6) is 5.75 Å². The molecule has 1 aliphatic carbocycles. The molecule has 2 unspecified atom stereocenters. The largest absolute Gasteiger partial charge is 0.497 e. The molecule has 3 rings (SSSR count). The monoisotopic (exact) mass is 274 g/mol. The Morgan fingerprint density at radius 3 is 3.00 bits per heavy atom. The molecule has 2 aliphatic rings. The predicted molar refractivity (Wildman–Crippen MR) is 82.5 cm³/mol. The maximum atomic E-state index is 5.38. The molecule has 110 valence electrons. The van der Waals surface area contributed by atoms with Crippen molar-refractivity contribution in [2.24, 2.45) is 0 Å². The fourth-order valence-corrected chi connectivity index (χ4v) is 3.92. The molecular formula is C17H26N2O. The van der Waals surface area contributed by atoms with Crippen LogP contribution in [0.4, 0.5) is 0 Å². The van der Waals surface area contributed by atoms with E-state index in [4.69, 9.17) is 4.74 Å². The number of ether oxygens (including phenoxy) is 1. The number of nitrogens with one attached hydrogen (secondary N) is 1. The predicted octanol–water partition coefficient (Wildman–Crippen LogP) is 2.24. The van der Waals surface area contributed by atoms with Gasteiger partial charge in [0.15, 0.2) is 0 Å². The average molecular weight is 274 g/mol. The normalized spacial score (nSPS) is 26.5. The fourth-order valence-electron chi connectivity index (χ4n) is 3.92. The third-order valence-corrected chi connectivity index (χ3v) is 4.95. The van der Waals surface area contributed by atoms with Crippen LogP contribution in [-0.4, -0.2) is 44.2 Å². The summed E-state index contributed by atoms with van der Waals surface area (Å²) in [6, 6.07) is 8.04. The van der Waals surface area contributed by atoms with E-state index in [0.717, 1.165) is 24.4 Å². The Kier molecular flexibility index (Phi) is 4.27. The van der Waals surface area contributed by atoms with Crippen LogP contribution in [0.1, 0.15) is 30.4 Å². The topological polar surface area (TPSA) is 24.5 Å². The zero-order chi connectivity index (χ0) is 13.9. The molecule has 1 heterocycles. The van der Waals surface area contributed by atoms with E-state index in [2.05, 4.69) is 35.5 Å². The molecule has 1 aromatic carbocycles. The maximum Gasteiger partial charge on any atom is 0.119 e. The summed E-state index contributed by atoms with van der Waals surface area (Å²) in [4.78, 5) is 2.75. The highest BCUT2D eigenvalue weighted by atomic mass is 16.5. The SMILES string of the molecule is CNCC1CCCN1C1CCc2ccc(OC)cc2C1. The first-order valence-electron chi connectivity index (χ1n) is 7.88. The summed E-state index contributed by atoms with van der Waals surface area (Å²) in [5, 5.41) is 3.35. The number of fused-ring (bicyclic) bond motifs is 1. The molecule has 1 N–H and O–H groups in total. The summed E-state index contributed by atoms with van der Waals surface area (Å²) < 4.78 is 5.38. The number of aryl methyl sites for hydroxylation is 1. The molecule has 3 heteroatoms. The summed E-state index contributed by atoms with van der Waals surface area (Å²) in [6.07, 6.45) is 6.41. The molecule has 0 aromatic heterocycles. The Morgan fingerprint density at radius 2 is 2.20 bits per heavy atom. The van der Waals surface area contributed by atoms with Gasteiger partial charge in [0.25, 0.3) is 0 Å². The summed E-state index contributed by atoms with van der Waals surface area (Å²) in [7, 11) is 3.82. The lowest BCUT2D eigenvalue weighted by atomic mass is 9.87. The second kappa shape index (κ2) is 6.15. The van der Waals surface area contributed by atoms with Crippen LogP contribution in [0.25, 0.3) is 0 Å². The van der Waals surface area contributed by atoms with E-state index in [1.54, 1.807) is 7.11 Å². The highest BCUT2D eigenvalue weighted by Crippen LogP contribution is 2.31. The number of likely N-dealkylation sites (N-methyl/N-ethyl adjacent to an activating group) is 1. The van der Waals surface area contributed by atoms with Crippen LogP contribution in [0.3, 0.4) is 0 Å². The van der Waals surface area contributed by atoms with E-state index in [0.29, 0.717) is 0 Å². The van der Waals surface area contributed by atoms with Crippen LogP contribution in [0.15, 0.2) is 18.2 Å². The fraction of sp³-hybridized carbons (Fsp3) is 0.647. The van der Waals surface area contributed by atoms with E-state index < -0.39 is 0 Å². The summed E-state index contributed by atoms with van der Waals surface area (Å²) in [5.74, 6) is 0.998. The van der Waals surface area contributed by atoms with Crippen LogP contribution in [-0.2, 0) is 12.8 Å². The van der Waals surface area contributed by atoms with Crippen LogP contribution in [0, 0.1) is 0 Å². The quantitative estimate of drug-likeness (QED) is 0.911. The molecule has 1 saturated heterocycles. The summed E-state index contributed by atoms with van der Waals surface area (Å²) >= 11 is 0. The van der Waals surface area contributed by atoms with Crippen LogP contribution >= 0.6 is 0 Å². The molecule has 0 amide bonds. The molecule has 2 atom stereocenters. The van der Waals surface area contributed by atoms with E-state index in [9.17, 15) is 0 Å². The minimum Gasteiger partial charge on any atom is -0.497 e. The molecule has 0 bridgehead atoms. The number of nitrogens with zero attached hydrogens (tertiary/aromatic N) is 1. The van der Waals surface area contributed by atoms with Crippen molar-refractivity contribution in [2.45, 2.75) is 44.2 Å². The van der Waals surface area contributed by atoms with Gasteiger partial charge in [-0.05, 0) is 69.0 Å². The molecule has 1 aliphatic heterocycles. The minimum absolute atomic E-state index is 0.718. The smallest absolute Gasteiger partial charge is 0.119 e. The van der Waals surface area contributed by atoms with Crippen LogP contribution in [0.2, 0.25) is 0 Å². The summed E-state index contributed by atoms with van der Waals surface area (Å²) in [5.41, 5.74) is 3.02. The maximum absolute atomic E-state index is 5.38. The first kappa shape index (κ1) is 13.9. The average Bonchev–Trinajstić information content (AvgIpc) is 2.94. The van der Waals surface area contributed by atoms with E-state index in [1.165, 1.54) is 49.8 Å². The molecule has 0 spiro atoms. The Bertz CT molecular complexity index is 460. The van der Waals surface area contributed by atoms with Crippen molar-refractivity contribution in [2.75, 3.05) is 27.2 Å². The number of rotatable bonds is 4. The minimum atomic E-state index is 0.718. The Balaban J connectivity index is 1.74. The van der Waals surface area contributed by atoms with Gasteiger partial charge in [-0.3, -0.25) is 4.90 Å². The molecule has 20 heavy (non-hydrogen) atoms. The second-order valence-electron chi connectivity index (χ2n) is 6.12. The van der Waals surface area contributed by atoms with Gasteiger partial charge in [-0.15, -0.1) is 0 Å². The molecule has 1 aromatic rings. The highest BCUT2D eigenvalue weighted by Gasteiger charge is 2.32. The number of hydrogen-bond donors (Lipinski definition) is 1. The third-order valence-electron chi connectivity index (χ3n) is 4.95. The first-order valence-corrected chi connectivity index (χ1v) is 7.88. The summed E-state index contributed by atoms with van der Waals surface area (Å²) in [6.45, 7) is 2.40. The van der Waals surface area contributed by atoms with Crippen molar-refractivity contribution in [3.05, 3.63) is 29.3 Å². The number of methoxy groups -OCH3 is 1. The van der Waals surface area contributed by atoms with Gasteiger partial charge >= 0.3 is 0 Å². The third kappa shape index (κ3) is 2.70. The van der Waals surface area contributed by atoms with Crippen LogP contribution < -0.4 is 10.1 Å². The van der Waals surface area contributed by atoms with Gasteiger partial charge in [-0.2, -0.15) is 0 Å². The molecule has 0 saturated carbocycles. The van der Waals surface area contributed by atoms with Gasteiger partial charge in [-0.1, -0.05) is 6.07 Å². The Labute approximate surface area is 122 Å². The van der Waals surface area contributed by atoms with Crippen molar-refractivity contribution in [3.63, 3.8) is 0 Å². The van der Waals surface area contributed by atoms with Crippen molar-refractivity contribution in [3.8, 4) is 5.75 Å². The van der Waals surface area contributed by atoms with E-state index in [-0.39, 0.29) is 0 Å². The van der Waals surface area contributed by atoms with Gasteiger partial charge in [0.2, 0.25) is 0 Å². The molecular weight excluding hydrogens is 248 g/mol. The van der Waals surface area contributed by atoms with E-state index in [1.807, 2.05) is 0 Å². The van der Waals surface area contributed by atoms with Gasteiger partial charge < -0.3 is 10.1 Å². The van der Waals surface area contributed by atoms with Gasteiger partial charge in [0.1, 0.15) is 5.75 Å². The zero-order valence-corrected chi connectivity index (χ0v) is 12.7. The lowest BCUT2D eigenvalue weighted by Gasteiger charge is -2.36. The first-order chi connectivity index (χ1) is 9.81. The standard InChI is InChI=1S/C17H26N2O/c1-18-12-16-4-3-9-19(16)15-7-5-13-6-8-17(20-2)11-14(13)10-15/h6,8,11,15-16,18H,3-5,7,9-10,12H2,1-2H3. The van der Waals surface area contributed by atoms with E-state index >= 15 is 0 Å². The number of hydrogen-bond acceptors (Lipinski definition) is 3. The molecule has 1 fully saturated rings.